The summed E-state index contributed by atoms with van der Waals surface area (Å²) in [5.41, 5.74) is 2.10. The second-order valence-electron chi connectivity index (χ2n) is 5.99. The summed E-state index contributed by atoms with van der Waals surface area (Å²) in [4.78, 5) is 12.4. The molecule has 3 rings (SSSR count). The predicted octanol–water partition coefficient (Wildman–Crippen LogP) is 1.74. The Morgan fingerprint density at radius 1 is 1.04 bits per heavy atom. The zero-order valence-electron chi connectivity index (χ0n) is 14.5. The van der Waals surface area contributed by atoms with Crippen LogP contribution in [-0.4, -0.2) is 34.2 Å². The predicted molar refractivity (Wildman–Crippen MR) is 96.0 cm³/mol. The van der Waals surface area contributed by atoms with Crippen molar-refractivity contribution in [1.82, 2.24) is 10.0 Å². The molecule has 1 heterocycles. The molecule has 2 aromatic carbocycles. The van der Waals surface area contributed by atoms with E-state index in [1.54, 1.807) is 37.3 Å². The Labute approximate surface area is 152 Å². The minimum Gasteiger partial charge on any atom is -0.454 e. The van der Waals surface area contributed by atoms with Crippen LogP contribution in [0.2, 0.25) is 0 Å². The SMILES string of the molecule is Cc1ccc(S(=O)(=O)NCCNC(=O)c2ccc3c(c2)OCO3)c(C)c1. The van der Waals surface area contributed by atoms with Gasteiger partial charge in [0.15, 0.2) is 11.5 Å². The van der Waals surface area contributed by atoms with Crippen LogP contribution >= 0.6 is 0 Å². The summed E-state index contributed by atoms with van der Waals surface area (Å²) in [6, 6.07) is 10.0. The van der Waals surface area contributed by atoms with Gasteiger partial charge in [0.25, 0.3) is 5.91 Å². The number of rotatable bonds is 6. The third-order valence-corrected chi connectivity index (χ3v) is 5.58. The molecule has 0 fully saturated rings. The molecular formula is C18H20N2O5S. The quantitative estimate of drug-likeness (QED) is 0.749. The highest BCUT2D eigenvalue weighted by Gasteiger charge is 2.18. The van der Waals surface area contributed by atoms with Crippen LogP contribution in [0.25, 0.3) is 0 Å². The van der Waals surface area contributed by atoms with Crippen molar-refractivity contribution >= 4 is 15.9 Å². The fraction of sp³-hybridized carbons (Fsp3) is 0.278. The average Bonchev–Trinajstić information content (AvgIpc) is 3.05. The summed E-state index contributed by atoms with van der Waals surface area (Å²) in [5, 5.41) is 2.68. The minimum absolute atomic E-state index is 0.0892. The van der Waals surface area contributed by atoms with Gasteiger partial charge < -0.3 is 14.8 Å². The molecule has 7 nitrogen and oxygen atoms in total. The van der Waals surface area contributed by atoms with Crippen molar-refractivity contribution < 1.29 is 22.7 Å². The summed E-state index contributed by atoms with van der Waals surface area (Å²) in [7, 11) is -3.62. The van der Waals surface area contributed by atoms with Gasteiger partial charge in [0.2, 0.25) is 16.8 Å². The fourth-order valence-electron chi connectivity index (χ4n) is 2.68. The number of fused-ring (bicyclic) bond motifs is 1. The lowest BCUT2D eigenvalue weighted by molar-refractivity contribution is 0.0954. The van der Waals surface area contributed by atoms with Gasteiger partial charge in [0.05, 0.1) is 4.90 Å². The van der Waals surface area contributed by atoms with Crippen LogP contribution in [0.1, 0.15) is 21.5 Å². The van der Waals surface area contributed by atoms with Crippen molar-refractivity contribution in [3.8, 4) is 11.5 Å². The van der Waals surface area contributed by atoms with E-state index >= 15 is 0 Å². The monoisotopic (exact) mass is 376 g/mol. The summed E-state index contributed by atoms with van der Waals surface area (Å²) in [6.07, 6.45) is 0. The van der Waals surface area contributed by atoms with Gasteiger partial charge >= 0.3 is 0 Å². The molecule has 0 spiro atoms. The van der Waals surface area contributed by atoms with Gasteiger partial charge in [-0.05, 0) is 43.7 Å². The number of carbonyl (C=O) groups excluding carboxylic acids is 1. The standard InChI is InChI=1S/C18H20N2O5S/c1-12-3-6-17(13(2)9-12)26(22,23)20-8-7-19-18(21)14-4-5-15-16(10-14)25-11-24-15/h3-6,9-10,20H,7-8,11H2,1-2H3,(H,19,21). The van der Waals surface area contributed by atoms with Gasteiger partial charge in [-0.1, -0.05) is 17.7 Å². The fourth-order valence-corrected chi connectivity index (χ4v) is 3.94. The molecule has 1 amide bonds. The van der Waals surface area contributed by atoms with E-state index in [0.717, 1.165) is 5.56 Å². The van der Waals surface area contributed by atoms with Crippen LogP contribution < -0.4 is 19.5 Å². The van der Waals surface area contributed by atoms with Gasteiger partial charge in [0.1, 0.15) is 0 Å². The smallest absolute Gasteiger partial charge is 0.251 e. The Morgan fingerprint density at radius 2 is 1.81 bits per heavy atom. The summed E-state index contributed by atoms with van der Waals surface area (Å²) in [6.45, 7) is 4.05. The van der Waals surface area contributed by atoms with Crippen LogP contribution in [0, 0.1) is 13.8 Å². The molecule has 0 atom stereocenters. The molecule has 0 saturated heterocycles. The van der Waals surface area contributed by atoms with E-state index < -0.39 is 10.0 Å². The number of amides is 1. The second-order valence-corrected chi connectivity index (χ2v) is 7.73. The number of aryl methyl sites for hydroxylation is 2. The topological polar surface area (TPSA) is 93.7 Å². The van der Waals surface area contributed by atoms with Gasteiger partial charge in [0, 0.05) is 18.7 Å². The van der Waals surface area contributed by atoms with E-state index in [1.165, 1.54) is 0 Å². The van der Waals surface area contributed by atoms with Gasteiger partial charge in [-0.15, -0.1) is 0 Å². The highest BCUT2D eigenvalue weighted by Crippen LogP contribution is 2.32. The van der Waals surface area contributed by atoms with Crippen LogP contribution in [0.4, 0.5) is 0 Å². The highest BCUT2D eigenvalue weighted by atomic mass is 32.2. The number of sulfonamides is 1. The van der Waals surface area contributed by atoms with Crippen molar-refractivity contribution in [1.29, 1.82) is 0 Å². The molecule has 0 aromatic heterocycles. The molecule has 0 saturated carbocycles. The number of ether oxygens (including phenoxy) is 2. The number of carbonyl (C=O) groups is 1. The Balaban J connectivity index is 1.54. The van der Waals surface area contributed by atoms with Crippen molar-refractivity contribution in [2.75, 3.05) is 19.9 Å². The summed E-state index contributed by atoms with van der Waals surface area (Å²) in [5.74, 6) is 0.810. The van der Waals surface area contributed by atoms with Crippen molar-refractivity contribution in [3.63, 3.8) is 0 Å². The van der Waals surface area contributed by atoms with Gasteiger partial charge in [-0.25, -0.2) is 13.1 Å². The van der Waals surface area contributed by atoms with Crippen molar-refractivity contribution in [2.24, 2.45) is 0 Å². The normalized spacial score (nSPS) is 12.8. The first-order valence-electron chi connectivity index (χ1n) is 8.11. The Morgan fingerprint density at radius 3 is 2.58 bits per heavy atom. The first-order valence-corrected chi connectivity index (χ1v) is 9.60. The number of nitrogens with one attached hydrogen (secondary N) is 2. The highest BCUT2D eigenvalue weighted by molar-refractivity contribution is 7.89. The van der Waals surface area contributed by atoms with E-state index in [0.29, 0.717) is 22.6 Å². The zero-order chi connectivity index (χ0) is 18.7. The van der Waals surface area contributed by atoms with Crippen LogP contribution in [0.15, 0.2) is 41.3 Å². The average molecular weight is 376 g/mol. The third kappa shape index (κ3) is 3.97. The van der Waals surface area contributed by atoms with Crippen LogP contribution in [0.3, 0.4) is 0 Å². The number of hydrogen-bond donors (Lipinski definition) is 2. The van der Waals surface area contributed by atoms with E-state index in [1.807, 2.05) is 13.0 Å². The zero-order valence-corrected chi connectivity index (χ0v) is 15.4. The van der Waals surface area contributed by atoms with Crippen LogP contribution in [-0.2, 0) is 10.0 Å². The molecule has 1 aliphatic rings. The molecule has 0 aliphatic carbocycles. The molecule has 2 aromatic rings. The number of benzene rings is 2. The Bertz CT molecular complexity index is 941. The first kappa shape index (κ1) is 18.2. The van der Waals surface area contributed by atoms with Crippen molar-refractivity contribution in [3.05, 3.63) is 53.1 Å². The first-order chi connectivity index (χ1) is 12.4. The lowest BCUT2D eigenvalue weighted by Gasteiger charge is -2.11. The largest absolute Gasteiger partial charge is 0.454 e. The Hall–Kier alpha value is -2.58. The molecule has 1 aliphatic heterocycles. The Kier molecular flexibility index (Phi) is 5.15. The molecule has 8 heteroatoms. The van der Waals surface area contributed by atoms with E-state index in [-0.39, 0.29) is 30.7 Å². The molecule has 26 heavy (non-hydrogen) atoms. The molecule has 0 unspecified atom stereocenters. The van der Waals surface area contributed by atoms with Gasteiger partial charge in [-0.2, -0.15) is 0 Å². The molecule has 0 bridgehead atoms. The maximum atomic E-state index is 12.4. The summed E-state index contributed by atoms with van der Waals surface area (Å²) >= 11 is 0. The lowest BCUT2D eigenvalue weighted by atomic mass is 10.2. The molecule has 0 radical (unpaired) electrons. The third-order valence-electron chi connectivity index (χ3n) is 3.96. The van der Waals surface area contributed by atoms with E-state index in [2.05, 4.69) is 10.0 Å². The molecule has 2 N–H and O–H groups in total. The van der Waals surface area contributed by atoms with Crippen LogP contribution in [0.5, 0.6) is 11.5 Å². The lowest BCUT2D eigenvalue weighted by Crippen LogP contribution is -2.34. The van der Waals surface area contributed by atoms with E-state index in [9.17, 15) is 13.2 Å². The maximum absolute atomic E-state index is 12.4. The minimum atomic E-state index is -3.62. The van der Waals surface area contributed by atoms with Crippen molar-refractivity contribution in [2.45, 2.75) is 18.7 Å². The van der Waals surface area contributed by atoms with Gasteiger partial charge in [-0.3, -0.25) is 4.79 Å². The summed E-state index contributed by atoms with van der Waals surface area (Å²) < 4.78 is 37.6. The maximum Gasteiger partial charge on any atom is 0.251 e. The van der Waals surface area contributed by atoms with E-state index in [4.69, 9.17) is 9.47 Å². The number of hydrogen-bond acceptors (Lipinski definition) is 5. The second kappa shape index (κ2) is 7.35. The molecule has 138 valence electrons. The molecular weight excluding hydrogens is 356 g/mol.